The third kappa shape index (κ3) is 2.43. The lowest BCUT2D eigenvalue weighted by molar-refractivity contribution is 0.483. The Morgan fingerprint density at radius 2 is 1.57 bits per heavy atom. The summed E-state index contributed by atoms with van der Waals surface area (Å²) in [5.41, 5.74) is 14.9. The number of anilines is 1. The fourth-order valence-corrected chi connectivity index (χ4v) is 5.29. The van der Waals surface area contributed by atoms with Gasteiger partial charge in [0.2, 0.25) is 0 Å². The van der Waals surface area contributed by atoms with Crippen molar-refractivity contribution in [2.75, 3.05) is 5.73 Å². The molecule has 0 amide bonds. The van der Waals surface area contributed by atoms with E-state index in [-0.39, 0.29) is 0 Å². The Hall–Kier alpha value is -3.52. The molecule has 0 unspecified atom stereocenters. The number of nitrogen functional groups attached to an aromatic ring is 1. The molecule has 0 fully saturated rings. The predicted octanol–water partition coefficient (Wildman–Crippen LogP) is 7.00. The second kappa shape index (κ2) is 6.50. The number of aromatic hydroxyl groups is 1. The molecule has 0 aromatic heterocycles. The van der Waals surface area contributed by atoms with Crippen molar-refractivity contribution in [1.82, 2.24) is 0 Å². The van der Waals surface area contributed by atoms with E-state index in [4.69, 9.17) is 5.73 Å². The number of aryl methyl sites for hydroxylation is 1. The summed E-state index contributed by atoms with van der Waals surface area (Å²) in [5.74, 6) is 0.331. The van der Waals surface area contributed by atoms with Crippen molar-refractivity contribution >= 4 is 32.8 Å². The molecule has 6 rings (SSSR count). The minimum atomic E-state index is 0.331. The SMILES string of the molecule is Nc1ccc(-c2ccc3ccccc3c2O)c2ccc3c(c12)CCC1=C3C=CCC1. The number of nitrogens with two attached hydrogens (primary N) is 1. The summed E-state index contributed by atoms with van der Waals surface area (Å²) < 4.78 is 0. The third-order valence-corrected chi connectivity index (χ3v) is 6.76. The molecule has 3 N–H and O–H groups in total. The molecule has 0 atom stereocenters. The van der Waals surface area contributed by atoms with Crippen LogP contribution in [0.25, 0.3) is 38.2 Å². The first-order valence-electron chi connectivity index (χ1n) is 10.7. The van der Waals surface area contributed by atoms with Crippen molar-refractivity contribution in [3.63, 3.8) is 0 Å². The average molecular weight is 389 g/mol. The van der Waals surface area contributed by atoms with Crippen molar-refractivity contribution in [2.24, 2.45) is 0 Å². The van der Waals surface area contributed by atoms with Gasteiger partial charge in [-0.25, -0.2) is 0 Å². The average Bonchev–Trinajstić information content (AvgIpc) is 2.79. The Labute approximate surface area is 176 Å². The van der Waals surface area contributed by atoms with Crippen LogP contribution in [0.3, 0.4) is 0 Å². The van der Waals surface area contributed by atoms with Gasteiger partial charge >= 0.3 is 0 Å². The largest absolute Gasteiger partial charge is 0.507 e. The molecule has 0 heterocycles. The van der Waals surface area contributed by atoms with Crippen molar-refractivity contribution < 1.29 is 5.11 Å². The van der Waals surface area contributed by atoms with E-state index in [1.807, 2.05) is 42.5 Å². The maximum absolute atomic E-state index is 11.1. The fourth-order valence-electron chi connectivity index (χ4n) is 5.29. The van der Waals surface area contributed by atoms with Gasteiger partial charge in [-0.2, -0.15) is 0 Å². The molecule has 30 heavy (non-hydrogen) atoms. The number of allylic oxidation sites excluding steroid dienone is 4. The molecule has 0 spiro atoms. The highest BCUT2D eigenvalue weighted by Gasteiger charge is 2.23. The normalized spacial score (nSPS) is 15.5. The highest BCUT2D eigenvalue weighted by atomic mass is 16.3. The molecule has 2 nitrogen and oxygen atoms in total. The Balaban J connectivity index is 1.63. The molecule has 0 aliphatic heterocycles. The zero-order chi connectivity index (χ0) is 20.2. The van der Waals surface area contributed by atoms with Gasteiger partial charge in [0.25, 0.3) is 0 Å². The van der Waals surface area contributed by atoms with E-state index in [2.05, 4.69) is 30.4 Å². The van der Waals surface area contributed by atoms with E-state index in [1.165, 1.54) is 23.1 Å². The van der Waals surface area contributed by atoms with E-state index in [9.17, 15) is 5.11 Å². The predicted molar refractivity (Wildman–Crippen MR) is 127 cm³/mol. The quantitative estimate of drug-likeness (QED) is 0.344. The van der Waals surface area contributed by atoms with Crippen molar-refractivity contribution in [3.8, 4) is 16.9 Å². The highest BCUT2D eigenvalue weighted by molar-refractivity contribution is 6.09. The smallest absolute Gasteiger partial charge is 0.131 e. The summed E-state index contributed by atoms with van der Waals surface area (Å²) in [6.45, 7) is 0. The summed E-state index contributed by atoms with van der Waals surface area (Å²) >= 11 is 0. The molecular weight excluding hydrogens is 366 g/mol. The monoisotopic (exact) mass is 389 g/mol. The number of phenolic OH excluding ortho intramolecular Hbond substituents is 1. The van der Waals surface area contributed by atoms with Crippen molar-refractivity contribution in [3.05, 3.63) is 89.5 Å². The molecule has 2 aliphatic rings. The molecule has 4 aromatic carbocycles. The first-order chi connectivity index (χ1) is 14.7. The number of benzene rings is 4. The van der Waals surface area contributed by atoms with Crippen LogP contribution in [-0.2, 0) is 6.42 Å². The Morgan fingerprint density at radius 1 is 0.733 bits per heavy atom. The standard InChI is InChI=1S/C28H23NO/c29-26-16-15-22(25-12-10-18-6-2-4-8-20(18)28(25)30)24-14-13-21-19-7-3-1-5-17(19)9-11-23(21)27(24)26/h2-4,6-8,10,12-16,30H,1,5,9,11,29H2. The van der Waals surface area contributed by atoms with Crippen LogP contribution in [0.1, 0.15) is 30.4 Å². The molecule has 146 valence electrons. The van der Waals surface area contributed by atoms with Gasteiger partial charge in [-0.05, 0) is 70.9 Å². The molecule has 2 aliphatic carbocycles. The van der Waals surface area contributed by atoms with Gasteiger partial charge in [-0.1, -0.05) is 66.3 Å². The molecule has 4 aromatic rings. The van der Waals surface area contributed by atoms with E-state index in [0.717, 1.165) is 57.6 Å². The summed E-state index contributed by atoms with van der Waals surface area (Å²) in [4.78, 5) is 0. The molecule has 0 saturated carbocycles. The number of phenols is 1. The van der Waals surface area contributed by atoms with Gasteiger partial charge < -0.3 is 10.8 Å². The Morgan fingerprint density at radius 3 is 2.50 bits per heavy atom. The fraction of sp³-hybridized carbons (Fsp3) is 0.143. The lowest BCUT2D eigenvalue weighted by atomic mass is 9.78. The van der Waals surface area contributed by atoms with Crippen molar-refractivity contribution in [1.29, 1.82) is 0 Å². The lowest BCUT2D eigenvalue weighted by Crippen LogP contribution is -2.08. The van der Waals surface area contributed by atoms with Crippen LogP contribution in [0.4, 0.5) is 5.69 Å². The highest BCUT2D eigenvalue weighted by Crippen LogP contribution is 2.45. The van der Waals surface area contributed by atoms with Crippen molar-refractivity contribution in [2.45, 2.75) is 25.7 Å². The third-order valence-electron chi connectivity index (χ3n) is 6.76. The number of hydrogen-bond donors (Lipinski definition) is 2. The zero-order valence-corrected chi connectivity index (χ0v) is 16.8. The zero-order valence-electron chi connectivity index (χ0n) is 16.8. The topological polar surface area (TPSA) is 46.2 Å². The Kier molecular flexibility index (Phi) is 3.76. The first kappa shape index (κ1) is 17.3. The molecule has 0 radical (unpaired) electrons. The second-order valence-corrected chi connectivity index (χ2v) is 8.36. The lowest BCUT2D eigenvalue weighted by Gasteiger charge is -2.26. The Bertz CT molecular complexity index is 1410. The summed E-state index contributed by atoms with van der Waals surface area (Å²) in [7, 11) is 0. The van der Waals surface area contributed by atoms with Gasteiger partial charge in [0, 0.05) is 22.0 Å². The number of hydrogen-bond acceptors (Lipinski definition) is 2. The summed E-state index contributed by atoms with van der Waals surface area (Å²) in [6.07, 6.45) is 9.02. The van der Waals surface area contributed by atoms with E-state index < -0.39 is 0 Å². The summed E-state index contributed by atoms with van der Waals surface area (Å²) in [6, 6.07) is 20.5. The van der Waals surface area contributed by atoms with E-state index >= 15 is 0 Å². The molecule has 0 saturated heterocycles. The minimum Gasteiger partial charge on any atom is -0.507 e. The van der Waals surface area contributed by atoms with Gasteiger partial charge in [0.05, 0.1) is 0 Å². The molecule has 2 heteroatoms. The van der Waals surface area contributed by atoms with Crippen LogP contribution in [0.2, 0.25) is 0 Å². The first-order valence-corrected chi connectivity index (χ1v) is 10.7. The van der Waals surface area contributed by atoms with E-state index in [1.54, 1.807) is 5.57 Å². The van der Waals surface area contributed by atoms with Gasteiger partial charge in [0.15, 0.2) is 0 Å². The molecular formula is C28H23NO. The van der Waals surface area contributed by atoms with E-state index in [0.29, 0.717) is 5.75 Å². The maximum Gasteiger partial charge on any atom is 0.131 e. The van der Waals surface area contributed by atoms with Gasteiger partial charge in [-0.3, -0.25) is 0 Å². The number of rotatable bonds is 1. The summed E-state index contributed by atoms with van der Waals surface area (Å²) in [5, 5.41) is 15.2. The second-order valence-electron chi connectivity index (χ2n) is 8.36. The molecule has 0 bridgehead atoms. The van der Waals surface area contributed by atoms with Crippen LogP contribution in [0, 0.1) is 0 Å². The minimum absolute atomic E-state index is 0.331. The van der Waals surface area contributed by atoms with Crippen LogP contribution in [0.5, 0.6) is 5.75 Å². The van der Waals surface area contributed by atoms with Crippen LogP contribution in [0.15, 0.2) is 78.4 Å². The number of fused-ring (bicyclic) bond motifs is 5. The van der Waals surface area contributed by atoms with Gasteiger partial charge in [-0.15, -0.1) is 0 Å². The van der Waals surface area contributed by atoms with Crippen LogP contribution in [-0.4, -0.2) is 5.11 Å². The van der Waals surface area contributed by atoms with Gasteiger partial charge in [0.1, 0.15) is 5.75 Å². The van der Waals surface area contributed by atoms with Crippen LogP contribution < -0.4 is 5.73 Å². The maximum atomic E-state index is 11.1. The van der Waals surface area contributed by atoms with Crippen LogP contribution >= 0.6 is 0 Å².